The van der Waals surface area contributed by atoms with Gasteiger partial charge in [0.1, 0.15) is 6.04 Å². The van der Waals surface area contributed by atoms with E-state index >= 15 is 0 Å². The first-order chi connectivity index (χ1) is 11.3. The van der Waals surface area contributed by atoms with Gasteiger partial charge in [-0.05, 0) is 31.5 Å². The van der Waals surface area contributed by atoms with Crippen LogP contribution < -0.4 is 16.4 Å². The quantitative estimate of drug-likeness (QED) is 0.698. The van der Waals surface area contributed by atoms with Gasteiger partial charge < -0.3 is 20.8 Å². The fourth-order valence-corrected chi connectivity index (χ4v) is 2.13. The summed E-state index contributed by atoms with van der Waals surface area (Å²) in [5.74, 6) is -0.541. The molecule has 0 bridgehead atoms. The predicted molar refractivity (Wildman–Crippen MR) is 98.6 cm³/mol. The number of furan rings is 1. The van der Waals surface area contributed by atoms with Crippen LogP contribution in [0, 0.1) is 0 Å². The molecule has 6 nitrogen and oxygen atoms in total. The smallest absolute Gasteiger partial charge is 0.287 e. The van der Waals surface area contributed by atoms with Crippen LogP contribution in [0.2, 0.25) is 0 Å². The molecule has 25 heavy (non-hydrogen) atoms. The zero-order chi connectivity index (χ0) is 17.6. The highest BCUT2D eigenvalue weighted by molar-refractivity contribution is 5.95. The molecule has 4 N–H and O–H groups in total. The Morgan fingerprint density at radius 1 is 1.16 bits per heavy atom. The van der Waals surface area contributed by atoms with Crippen LogP contribution in [0.25, 0.3) is 0 Å². The molecular formula is C18H24ClN3O3. The summed E-state index contributed by atoms with van der Waals surface area (Å²) in [5.41, 5.74) is 6.32. The third kappa shape index (κ3) is 6.99. The molecule has 1 unspecified atom stereocenters. The number of benzene rings is 1. The van der Waals surface area contributed by atoms with Crippen LogP contribution >= 0.6 is 12.4 Å². The third-order valence-electron chi connectivity index (χ3n) is 3.37. The van der Waals surface area contributed by atoms with Crippen LogP contribution in [-0.4, -0.2) is 29.9 Å². The van der Waals surface area contributed by atoms with Crippen LogP contribution in [0.4, 0.5) is 0 Å². The lowest BCUT2D eigenvalue weighted by Crippen LogP contribution is -2.52. The summed E-state index contributed by atoms with van der Waals surface area (Å²) in [6, 6.07) is 12.0. The van der Waals surface area contributed by atoms with E-state index in [1.54, 1.807) is 12.1 Å². The molecule has 0 spiro atoms. The van der Waals surface area contributed by atoms with Gasteiger partial charge in [0.15, 0.2) is 5.76 Å². The van der Waals surface area contributed by atoms with E-state index in [1.165, 1.54) is 6.26 Å². The van der Waals surface area contributed by atoms with Crippen molar-refractivity contribution in [2.45, 2.75) is 31.8 Å². The van der Waals surface area contributed by atoms with E-state index in [4.69, 9.17) is 10.2 Å². The monoisotopic (exact) mass is 365 g/mol. The number of carbonyl (C=O) groups excluding carboxylic acids is 2. The Hall–Kier alpha value is -2.31. The molecule has 7 heteroatoms. The summed E-state index contributed by atoms with van der Waals surface area (Å²) in [7, 11) is 0. The molecule has 0 saturated heterocycles. The van der Waals surface area contributed by atoms with Gasteiger partial charge in [-0.15, -0.1) is 12.4 Å². The molecule has 0 radical (unpaired) electrons. The Morgan fingerprint density at radius 2 is 1.84 bits per heavy atom. The highest BCUT2D eigenvalue weighted by Crippen LogP contribution is 2.06. The standard InChI is InChI=1S/C18H23N3O3.ClH/c1-18(2,19)12-20-16(22)14(11-13-7-4-3-5-8-13)21-17(23)15-9-6-10-24-15;/h3-10,14H,11-12,19H2,1-2H3,(H,20,22)(H,21,23);1H. The normalized spacial score (nSPS) is 12.0. The van der Waals surface area contributed by atoms with Gasteiger partial charge >= 0.3 is 0 Å². The van der Waals surface area contributed by atoms with Gasteiger partial charge in [-0.1, -0.05) is 30.3 Å². The van der Waals surface area contributed by atoms with Crippen LogP contribution in [0.3, 0.4) is 0 Å². The van der Waals surface area contributed by atoms with Crippen molar-refractivity contribution in [2.24, 2.45) is 5.73 Å². The van der Waals surface area contributed by atoms with Crippen LogP contribution in [-0.2, 0) is 11.2 Å². The summed E-state index contributed by atoms with van der Waals surface area (Å²) >= 11 is 0. The summed E-state index contributed by atoms with van der Waals surface area (Å²) in [4.78, 5) is 24.7. The van der Waals surface area contributed by atoms with E-state index in [1.807, 2.05) is 44.2 Å². The number of carbonyl (C=O) groups is 2. The Labute approximate surface area is 153 Å². The molecule has 2 rings (SSSR count). The number of hydrogen-bond donors (Lipinski definition) is 3. The molecule has 136 valence electrons. The fraction of sp³-hybridized carbons (Fsp3) is 0.333. The van der Waals surface area contributed by atoms with E-state index in [0.29, 0.717) is 13.0 Å². The first kappa shape index (κ1) is 20.7. The number of halogens is 1. The van der Waals surface area contributed by atoms with Crippen molar-refractivity contribution in [1.29, 1.82) is 0 Å². The summed E-state index contributed by atoms with van der Waals surface area (Å²) in [6.45, 7) is 3.95. The Balaban J connectivity index is 0.00000312. The lowest BCUT2D eigenvalue weighted by molar-refractivity contribution is -0.123. The second-order valence-electron chi connectivity index (χ2n) is 6.40. The Morgan fingerprint density at radius 3 is 2.40 bits per heavy atom. The first-order valence-corrected chi connectivity index (χ1v) is 7.80. The number of nitrogens with one attached hydrogen (secondary N) is 2. The number of nitrogens with two attached hydrogens (primary N) is 1. The zero-order valence-corrected chi connectivity index (χ0v) is 15.1. The minimum Gasteiger partial charge on any atom is -0.459 e. The van der Waals surface area contributed by atoms with E-state index < -0.39 is 17.5 Å². The van der Waals surface area contributed by atoms with Gasteiger partial charge in [0.2, 0.25) is 5.91 Å². The second-order valence-corrected chi connectivity index (χ2v) is 6.40. The lowest BCUT2D eigenvalue weighted by Gasteiger charge is -2.23. The van der Waals surface area contributed by atoms with Crippen molar-refractivity contribution in [3.05, 3.63) is 60.1 Å². The molecule has 2 amide bonds. The molecule has 0 fully saturated rings. The van der Waals surface area contributed by atoms with E-state index in [0.717, 1.165) is 5.56 Å². The highest BCUT2D eigenvalue weighted by atomic mass is 35.5. The van der Waals surface area contributed by atoms with Crippen molar-refractivity contribution < 1.29 is 14.0 Å². The molecule has 0 aliphatic heterocycles. The average molecular weight is 366 g/mol. The number of rotatable bonds is 7. The molecule has 1 heterocycles. The lowest BCUT2D eigenvalue weighted by atomic mass is 10.0. The molecular weight excluding hydrogens is 342 g/mol. The Kier molecular flexibility index (Phi) is 7.67. The van der Waals surface area contributed by atoms with Crippen molar-refractivity contribution in [3.8, 4) is 0 Å². The fourth-order valence-electron chi connectivity index (χ4n) is 2.13. The summed E-state index contributed by atoms with van der Waals surface area (Å²) in [6.07, 6.45) is 1.79. The van der Waals surface area contributed by atoms with Gasteiger partial charge in [-0.25, -0.2) is 0 Å². The van der Waals surface area contributed by atoms with E-state index in [9.17, 15) is 9.59 Å². The number of hydrogen-bond acceptors (Lipinski definition) is 4. The molecule has 1 aromatic heterocycles. The molecule has 0 aliphatic rings. The van der Waals surface area contributed by atoms with Crippen molar-refractivity contribution in [2.75, 3.05) is 6.54 Å². The van der Waals surface area contributed by atoms with E-state index in [2.05, 4.69) is 10.6 Å². The topological polar surface area (TPSA) is 97.4 Å². The maximum Gasteiger partial charge on any atom is 0.287 e. The molecule has 1 atom stereocenters. The van der Waals surface area contributed by atoms with Crippen molar-refractivity contribution in [1.82, 2.24) is 10.6 Å². The van der Waals surface area contributed by atoms with Gasteiger partial charge in [0.25, 0.3) is 5.91 Å². The van der Waals surface area contributed by atoms with Gasteiger partial charge in [-0.3, -0.25) is 9.59 Å². The average Bonchev–Trinajstić information content (AvgIpc) is 3.07. The predicted octanol–water partition coefficient (Wildman–Crippen LogP) is 1.90. The second kappa shape index (κ2) is 9.25. The van der Waals surface area contributed by atoms with E-state index in [-0.39, 0.29) is 24.1 Å². The minimum absolute atomic E-state index is 0. The van der Waals surface area contributed by atoms with Gasteiger partial charge in [0, 0.05) is 18.5 Å². The third-order valence-corrected chi connectivity index (χ3v) is 3.37. The Bertz CT molecular complexity index is 667. The molecule has 0 saturated carbocycles. The summed E-state index contributed by atoms with van der Waals surface area (Å²) in [5, 5.41) is 5.50. The van der Waals surface area contributed by atoms with Gasteiger partial charge in [0.05, 0.1) is 6.26 Å². The van der Waals surface area contributed by atoms with Crippen LogP contribution in [0.1, 0.15) is 30.0 Å². The molecule has 1 aromatic carbocycles. The number of amides is 2. The minimum atomic E-state index is -0.715. The largest absolute Gasteiger partial charge is 0.459 e. The maximum absolute atomic E-state index is 12.5. The zero-order valence-electron chi connectivity index (χ0n) is 14.3. The van der Waals surface area contributed by atoms with Crippen molar-refractivity contribution >= 4 is 24.2 Å². The highest BCUT2D eigenvalue weighted by Gasteiger charge is 2.24. The SMILES string of the molecule is CC(C)(N)CNC(=O)C(Cc1ccccc1)NC(=O)c1ccco1.Cl. The van der Waals surface area contributed by atoms with Gasteiger partial charge in [-0.2, -0.15) is 0 Å². The maximum atomic E-state index is 12.5. The molecule has 0 aliphatic carbocycles. The summed E-state index contributed by atoms with van der Waals surface area (Å²) < 4.78 is 5.08. The van der Waals surface area contributed by atoms with Crippen molar-refractivity contribution in [3.63, 3.8) is 0 Å². The van der Waals surface area contributed by atoms with Crippen LogP contribution in [0.15, 0.2) is 53.1 Å². The molecule has 2 aromatic rings. The first-order valence-electron chi connectivity index (χ1n) is 7.80. The van der Waals surface area contributed by atoms with Crippen LogP contribution in [0.5, 0.6) is 0 Å².